The van der Waals surface area contributed by atoms with Crippen molar-refractivity contribution in [2.75, 3.05) is 19.4 Å². The Labute approximate surface area is 238 Å². The molecule has 0 radical (unpaired) electrons. The molecule has 14 heteroatoms. The fourth-order valence-corrected chi connectivity index (χ4v) is 5.67. The van der Waals surface area contributed by atoms with Gasteiger partial charge in [0.2, 0.25) is 11.7 Å². The van der Waals surface area contributed by atoms with Gasteiger partial charge in [-0.15, -0.1) is 24.8 Å². The molecule has 11 nitrogen and oxygen atoms in total. The molecule has 1 aromatic rings. The number of nitrogens with one attached hydrogen (secondary N) is 1. The number of hydrogen-bond acceptors (Lipinski definition) is 9. The van der Waals surface area contributed by atoms with Crippen LogP contribution in [0.15, 0.2) is 34.8 Å². The van der Waals surface area contributed by atoms with E-state index >= 15 is 0 Å². The number of alkyl halides is 1. The average molecular weight is 637 g/mol. The summed E-state index contributed by atoms with van der Waals surface area (Å²) < 4.78 is 0. The summed E-state index contributed by atoms with van der Waals surface area (Å²) in [5.41, 5.74) is 1.76. The molecule has 0 aromatic heterocycles. The SMILES string of the molecule is CC(Br)C(=O)Nc1ccc2c(c1O)C(=O)C1=C(O)C3(O)C(=O)C(C(N)=O)=C(O)[C@@H](N(C)C)C3CC1C2.Cl.Cl. The predicted molar refractivity (Wildman–Crippen MR) is 145 cm³/mol. The van der Waals surface area contributed by atoms with Gasteiger partial charge in [0.15, 0.2) is 17.1 Å². The van der Waals surface area contributed by atoms with Crippen LogP contribution in [0.5, 0.6) is 5.75 Å². The van der Waals surface area contributed by atoms with Crippen molar-refractivity contribution in [3.05, 3.63) is 45.9 Å². The molecular formula is C24H28BrCl2N3O8. The van der Waals surface area contributed by atoms with Crippen molar-refractivity contribution in [1.29, 1.82) is 0 Å². The average Bonchev–Trinajstić information content (AvgIpc) is 2.77. The number of hydrogen-bond donors (Lipinski definition) is 6. The van der Waals surface area contributed by atoms with Crippen molar-refractivity contribution >= 4 is 69.8 Å². The number of carbonyl (C=O) groups excluding carboxylic acids is 4. The number of ketones is 2. The van der Waals surface area contributed by atoms with Gasteiger partial charge >= 0.3 is 0 Å². The van der Waals surface area contributed by atoms with Gasteiger partial charge in [-0.3, -0.25) is 24.1 Å². The minimum Gasteiger partial charge on any atom is -0.510 e. The van der Waals surface area contributed by atoms with E-state index < -0.39 is 74.5 Å². The van der Waals surface area contributed by atoms with Crippen LogP contribution >= 0.6 is 40.7 Å². The minimum absolute atomic E-state index is 0. The van der Waals surface area contributed by atoms with Crippen LogP contribution in [0.1, 0.15) is 29.3 Å². The summed E-state index contributed by atoms with van der Waals surface area (Å²) in [4.78, 5) is 51.9. The van der Waals surface area contributed by atoms with Crippen LogP contribution in [0, 0.1) is 11.8 Å². The number of nitrogens with zero attached hydrogens (tertiary/aromatic N) is 1. The molecule has 0 bridgehead atoms. The molecule has 3 aliphatic rings. The van der Waals surface area contributed by atoms with Crippen LogP contribution in [-0.4, -0.2) is 79.3 Å². The lowest BCUT2D eigenvalue weighted by Gasteiger charge is -2.50. The number of primary amides is 1. The number of rotatable bonds is 4. The van der Waals surface area contributed by atoms with Crippen LogP contribution < -0.4 is 11.1 Å². The summed E-state index contributed by atoms with van der Waals surface area (Å²) in [6, 6.07) is 1.99. The van der Waals surface area contributed by atoms with Crippen molar-refractivity contribution in [1.82, 2.24) is 4.90 Å². The number of aliphatic hydroxyl groups is 3. The maximum atomic E-state index is 13.6. The predicted octanol–water partition coefficient (Wildman–Crippen LogP) is 1.69. The van der Waals surface area contributed by atoms with E-state index in [2.05, 4.69) is 21.2 Å². The van der Waals surface area contributed by atoms with Crippen LogP contribution in [0.25, 0.3) is 0 Å². The highest BCUT2D eigenvalue weighted by Gasteiger charge is 2.63. The molecule has 4 unspecified atom stereocenters. The normalized spacial score (nSPS) is 26.9. The fourth-order valence-electron chi connectivity index (χ4n) is 5.56. The molecule has 5 atom stereocenters. The number of amides is 2. The highest BCUT2D eigenvalue weighted by atomic mass is 79.9. The lowest BCUT2D eigenvalue weighted by atomic mass is 9.58. The summed E-state index contributed by atoms with van der Waals surface area (Å²) >= 11 is 3.12. The van der Waals surface area contributed by atoms with E-state index in [1.165, 1.54) is 11.0 Å². The number of allylic oxidation sites excluding steroid dienone is 1. The first kappa shape index (κ1) is 31.6. The maximum absolute atomic E-state index is 13.6. The lowest BCUT2D eigenvalue weighted by Crippen LogP contribution is -2.63. The summed E-state index contributed by atoms with van der Waals surface area (Å²) in [7, 11) is 3.13. The molecule has 0 spiro atoms. The third-order valence-electron chi connectivity index (χ3n) is 7.21. The topological polar surface area (TPSA) is 190 Å². The summed E-state index contributed by atoms with van der Waals surface area (Å²) in [5, 5.41) is 46.9. The highest BCUT2D eigenvalue weighted by molar-refractivity contribution is 9.10. The Morgan fingerprint density at radius 1 is 1.18 bits per heavy atom. The summed E-state index contributed by atoms with van der Waals surface area (Å²) in [5.74, 6) is -7.67. The number of anilines is 1. The van der Waals surface area contributed by atoms with E-state index in [9.17, 15) is 39.6 Å². The number of nitrogens with two attached hydrogens (primary N) is 1. The first-order chi connectivity index (χ1) is 16.7. The number of Topliss-reactive ketones (excluding diaryl/α,β-unsaturated/α-hetero) is 2. The minimum atomic E-state index is -2.70. The van der Waals surface area contributed by atoms with Gasteiger partial charge in [-0.1, -0.05) is 22.0 Å². The van der Waals surface area contributed by atoms with Crippen molar-refractivity contribution < 1.29 is 39.6 Å². The van der Waals surface area contributed by atoms with Crippen molar-refractivity contribution in [2.45, 2.75) is 36.2 Å². The van der Waals surface area contributed by atoms with E-state index in [0.717, 1.165) is 0 Å². The standard InChI is InChI=1S/C24H26BrN3O8.2ClH/c1-8(25)23(35)27-12-5-4-9-6-10-7-11-16(28(2)3)19(31)15(22(26)34)21(33)24(11,36)20(32)14(10)18(30)13(9)17(12)29;;/h4-5,8,10-11,16,29,31-32,36H,6-7H2,1-3H3,(H2,26,34)(H,27,35);2*1H/t8?,10?,11?,16-,24?;;/m0../s1. The van der Waals surface area contributed by atoms with Gasteiger partial charge in [-0.2, -0.15) is 0 Å². The van der Waals surface area contributed by atoms with Gasteiger partial charge in [0.25, 0.3) is 5.91 Å². The Kier molecular flexibility index (Phi) is 9.02. The first-order valence-corrected chi connectivity index (χ1v) is 12.1. The van der Waals surface area contributed by atoms with Gasteiger partial charge in [0.1, 0.15) is 17.1 Å². The number of likely N-dealkylation sites (N-methyl/N-ethyl adjacent to an activating group) is 1. The Bertz CT molecular complexity index is 1300. The number of phenols is 1. The van der Waals surface area contributed by atoms with Crippen LogP contribution in [-0.2, 0) is 20.8 Å². The fraction of sp³-hybridized carbons (Fsp3) is 0.417. The zero-order valence-corrected chi connectivity index (χ0v) is 23.7. The number of carbonyl (C=O) groups is 4. The van der Waals surface area contributed by atoms with E-state index in [1.54, 1.807) is 27.1 Å². The molecule has 7 N–H and O–H groups in total. The number of aliphatic hydroxyl groups excluding tert-OH is 2. The van der Waals surface area contributed by atoms with Gasteiger partial charge in [0, 0.05) is 11.5 Å². The maximum Gasteiger partial charge on any atom is 0.255 e. The number of halogens is 3. The lowest BCUT2D eigenvalue weighted by molar-refractivity contribution is -0.148. The van der Waals surface area contributed by atoms with Crippen molar-refractivity contribution in [2.24, 2.45) is 17.6 Å². The number of benzene rings is 1. The van der Waals surface area contributed by atoms with Crippen molar-refractivity contribution in [3.8, 4) is 5.75 Å². The largest absolute Gasteiger partial charge is 0.510 e. The zero-order chi connectivity index (χ0) is 26.9. The Morgan fingerprint density at radius 3 is 2.32 bits per heavy atom. The number of fused-ring (bicyclic) bond motifs is 3. The Morgan fingerprint density at radius 2 is 1.79 bits per heavy atom. The molecule has 3 aliphatic carbocycles. The molecule has 0 aliphatic heterocycles. The van der Waals surface area contributed by atoms with Gasteiger partial charge in [-0.25, -0.2) is 0 Å². The third kappa shape index (κ3) is 4.47. The highest BCUT2D eigenvalue weighted by Crippen LogP contribution is 2.52. The number of aromatic hydroxyl groups is 1. The van der Waals surface area contributed by atoms with Crippen LogP contribution in [0.3, 0.4) is 0 Å². The summed E-state index contributed by atoms with van der Waals surface area (Å²) in [6.07, 6.45) is 0.178. The van der Waals surface area contributed by atoms with Crippen LogP contribution in [0.4, 0.5) is 5.69 Å². The first-order valence-electron chi connectivity index (χ1n) is 11.2. The molecular weight excluding hydrogens is 609 g/mol. The van der Waals surface area contributed by atoms with Crippen molar-refractivity contribution in [3.63, 3.8) is 0 Å². The number of phenolic OH excluding ortho intramolecular Hbond substituents is 1. The Hall–Kier alpha value is -2.64. The molecule has 0 saturated carbocycles. The molecule has 1 aromatic carbocycles. The van der Waals surface area contributed by atoms with E-state index in [-0.39, 0.29) is 54.5 Å². The quantitative estimate of drug-likeness (QED) is 0.162. The molecule has 0 fully saturated rings. The molecule has 0 heterocycles. The smallest absolute Gasteiger partial charge is 0.255 e. The molecule has 0 saturated heterocycles. The second-order valence-electron chi connectivity index (χ2n) is 9.56. The molecule has 208 valence electrons. The van der Waals surface area contributed by atoms with E-state index in [4.69, 9.17) is 5.73 Å². The van der Waals surface area contributed by atoms with Gasteiger partial charge < -0.3 is 31.5 Å². The van der Waals surface area contributed by atoms with Gasteiger partial charge in [0.05, 0.1) is 22.1 Å². The molecule has 4 rings (SSSR count). The summed E-state index contributed by atoms with van der Waals surface area (Å²) in [6.45, 7) is 1.58. The Balaban J connectivity index is 0.00000253. The van der Waals surface area contributed by atoms with E-state index in [1.807, 2.05) is 0 Å². The third-order valence-corrected chi connectivity index (χ3v) is 7.63. The molecule has 2 amide bonds. The monoisotopic (exact) mass is 635 g/mol. The van der Waals surface area contributed by atoms with Gasteiger partial charge in [-0.05, 0) is 51.4 Å². The van der Waals surface area contributed by atoms with Crippen LogP contribution in [0.2, 0.25) is 0 Å². The second-order valence-corrected chi connectivity index (χ2v) is 10.9. The molecule has 38 heavy (non-hydrogen) atoms. The second kappa shape index (κ2) is 10.9. The van der Waals surface area contributed by atoms with E-state index in [0.29, 0.717) is 5.56 Å². The zero-order valence-electron chi connectivity index (χ0n) is 20.5.